The zero-order valence-corrected chi connectivity index (χ0v) is 11.7. The van der Waals surface area contributed by atoms with Gasteiger partial charge in [0.15, 0.2) is 0 Å². The monoisotopic (exact) mass is 256 g/mol. The molecule has 1 aromatic heterocycles. The first-order valence-electron chi connectivity index (χ1n) is 6.66. The first kappa shape index (κ1) is 13.5. The fraction of sp³-hybridized carbons (Fsp3) is 0.375. The molecule has 2 N–H and O–H groups in total. The van der Waals surface area contributed by atoms with Gasteiger partial charge in [0.1, 0.15) is 0 Å². The minimum absolute atomic E-state index is 0.283. The van der Waals surface area contributed by atoms with Crippen molar-refractivity contribution >= 4 is 16.8 Å². The molecule has 0 bridgehead atoms. The summed E-state index contributed by atoms with van der Waals surface area (Å²) in [6.07, 6.45) is 0.958. The van der Waals surface area contributed by atoms with E-state index in [-0.39, 0.29) is 5.91 Å². The van der Waals surface area contributed by atoms with Crippen molar-refractivity contribution < 1.29 is 4.79 Å². The zero-order valence-electron chi connectivity index (χ0n) is 11.7. The van der Waals surface area contributed by atoms with Gasteiger partial charge in [-0.05, 0) is 48.6 Å². The quantitative estimate of drug-likeness (QED) is 0.914. The predicted octanol–water partition coefficient (Wildman–Crippen LogP) is 3.08. The van der Waals surface area contributed by atoms with E-state index in [1.807, 2.05) is 0 Å². The molecule has 2 rings (SSSR count). The van der Waals surface area contributed by atoms with E-state index in [9.17, 15) is 4.79 Å². The van der Waals surface area contributed by atoms with Gasteiger partial charge in [-0.15, -0.1) is 0 Å². The molecule has 0 aliphatic rings. The number of carbonyl (C=O) groups excluding carboxylic acids is 1. The summed E-state index contributed by atoms with van der Waals surface area (Å²) in [5, 5.41) is 1.19. The van der Waals surface area contributed by atoms with Gasteiger partial charge in [-0.1, -0.05) is 19.9 Å². The van der Waals surface area contributed by atoms with Gasteiger partial charge in [-0.25, -0.2) is 0 Å². The Morgan fingerprint density at radius 3 is 2.68 bits per heavy atom. The molecule has 0 fully saturated rings. The highest BCUT2D eigenvalue weighted by Gasteiger charge is 2.07. The van der Waals surface area contributed by atoms with E-state index in [0.29, 0.717) is 18.8 Å². The minimum Gasteiger partial charge on any atom is -0.370 e. The van der Waals surface area contributed by atoms with Crippen LogP contribution in [0.3, 0.4) is 0 Å². The Morgan fingerprint density at radius 1 is 1.32 bits per heavy atom. The Bertz CT molecular complexity index is 617. The number of pyridine rings is 1. The molecule has 2 aromatic rings. The van der Waals surface area contributed by atoms with Gasteiger partial charge in [-0.3, -0.25) is 9.78 Å². The van der Waals surface area contributed by atoms with Crippen molar-refractivity contribution in [1.29, 1.82) is 0 Å². The maximum atomic E-state index is 10.8. The van der Waals surface area contributed by atoms with Crippen LogP contribution in [0.5, 0.6) is 0 Å². The lowest BCUT2D eigenvalue weighted by atomic mass is 9.98. The lowest BCUT2D eigenvalue weighted by Crippen LogP contribution is -2.11. The molecule has 3 heteroatoms. The second kappa shape index (κ2) is 5.39. The van der Waals surface area contributed by atoms with Crippen molar-refractivity contribution in [1.82, 2.24) is 4.98 Å². The van der Waals surface area contributed by atoms with Crippen molar-refractivity contribution in [2.45, 2.75) is 39.5 Å². The third kappa shape index (κ3) is 3.11. The van der Waals surface area contributed by atoms with E-state index in [0.717, 1.165) is 11.2 Å². The van der Waals surface area contributed by atoms with E-state index in [2.05, 4.69) is 50.0 Å². The number of amides is 1. The summed E-state index contributed by atoms with van der Waals surface area (Å²) in [5.41, 5.74) is 9.62. The Balaban J connectivity index is 2.41. The second-order valence-electron chi connectivity index (χ2n) is 5.33. The number of fused-ring (bicyclic) bond motifs is 1. The van der Waals surface area contributed by atoms with Crippen LogP contribution in [0.4, 0.5) is 0 Å². The number of hydrogen-bond acceptors (Lipinski definition) is 2. The van der Waals surface area contributed by atoms with Crippen LogP contribution in [0.15, 0.2) is 24.3 Å². The van der Waals surface area contributed by atoms with Crippen LogP contribution in [-0.4, -0.2) is 10.9 Å². The molecule has 0 aliphatic carbocycles. The van der Waals surface area contributed by atoms with Crippen molar-refractivity contribution in [2.24, 2.45) is 5.73 Å². The summed E-state index contributed by atoms with van der Waals surface area (Å²) in [7, 11) is 0. The first-order valence-corrected chi connectivity index (χ1v) is 6.66. The molecule has 1 amide bonds. The zero-order chi connectivity index (χ0) is 14.0. The molecule has 1 aromatic carbocycles. The van der Waals surface area contributed by atoms with Crippen LogP contribution in [0.2, 0.25) is 0 Å². The summed E-state index contributed by atoms with van der Waals surface area (Å²) >= 11 is 0. The van der Waals surface area contributed by atoms with Gasteiger partial charge >= 0.3 is 0 Å². The van der Waals surface area contributed by atoms with Gasteiger partial charge in [-0.2, -0.15) is 0 Å². The normalized spacial score (nSPS) is 11.2. The van der Waals surface area contributed by atoms with Crippen molar-refractivity contribution in [3.8, 4) is 0 Å². The highest BCUT2D eigenvalue weighted by Crippen LogP contribution is 2.23. The summed E-state index contributed by atoms with van der Waals surface area (Å²) in [4.78, 5) is 15.4. The number of aryl methyl sites for hydroxylation is 2. The summed E-state index contributed by atoms with van der Waals surface area (Å²) in [6.45, 7) is 6.46. The standard InChI is InChI=1S/C16H20N2O/c1-10(2)12-4-6-15-14(9-12)11(3)8-13(18-15)5-7-16(17)19/h4,6,8-10H,5,7H2,1-3H3,(H2,17,19). The highest BCUT2D eigenvalue weighted by molar-refractivity contribution is 5.83. The topological polar surface area (TPSA) is 56.0 Å². The van der Waals surface area contributed by atoms with E-state index < -0.39 is 0 Å². The van der Waals surface area contributed by atoms with E-state index >= 15 is 0 Å². The maximum Gasteiger partial charge on any atom is 0.217 e. The molecule has 1 heterocycles. The maximum absolute atomic E-state index is 10.8. The number of nitrogens with zero attached hydrogens (tertiary/aromatic N) is 1. The summed E-state index contributed by atoms with van der Waals surface area (Å²) < 4.78 is 0. The molecule has 0 radical (unpaired) electrons. The van der Waals surface area contributed by atoms with Crippen LogP contribution < -0.4 is 5.73 Å². The molecular formula is C16H20N2O. The van der Waals surface area contributed by atoms with Crippen molar-refractivity contribution in [2.75, 3.05) is 0 Å². The molecule has 0 saturated heterocycles. The van der Waals surface area contributed by atoms with E-state index in [1.165, 1.54) is 16.5 Å². The van der Waals surface area contributed by atoms with E-state index in [1.54, 1.807) is 0 Å². The number of rotatable bonds is 4. The summed E-state index contributed by atoms with van der Waals surface area (Å²) in [5.74, 6) is 0.230. The number of benzene rings is 1. The minimum atomic E-state index is -0.283. The number of aromatic nitrogens is 1. The Labute approximate surface area is 113 Å². The van der Waals surface area contributed by atoms with Crippen molar-refractivity contribution in [3.05, 3.63) is 41.1 Å². The van der Waals surface area contributed by atoms with Crippen LogP contribution in [0, 0.1) is 6.92 Å². The van der Waals surface area contributed by atoms with Crippen LogP contribution in [0.25, 0.3) is 10.9 Å². The molecule has 0 aliphatic heterocycles. The average molecular weight is 256 g/mol. The predicted molar refractivity (Wildman–Crippen MR) is 78.1 cm³/mol. The Kier molecular flexibility index (Phi) is 3.84. The smallest absolute Gasteiger partial charge is 0.217 e. The summed E-state index contributed by atoms with van der Waals surface area (Å²) in [6, 6.07) is 8.44. The molecule has 19 heavy (non-hydrogen) atoms. The lowest BCUT2D eigenvalue weighted by Gasteiger charge is -2.10. The average Bonchev–Trinajstić information content (AvgIpc) is 2.36. The van der Waals surface area contributed by atoms with Crippen LogP contribution in [-0.2, 0) is 11.2 Å². The number of nitrogens with two attached hydrogens (primary N) is 1. The Morgan fingerprint density at radius 2 is 2.05 bits per heavy atom. The third-order valence-corrected chi connectivity index (χ3v) is 3.39. The molecule has 0 spiro atoms. The molecule has 0 saturated carbocycles. The van der Waals surface area contributed by atoms with Crippen LogP contribution >= 0.6 is 0 Å². The van der Waals surface area contributed by atoms with Gasteiger partial charge in [0.25, 0.3) is 0 Å². The highest BCUT2D eigenvalue weighted by atomic mass is 16.1. The molecule has 3 nitrogen and oxygen atoms in total. The first-order chi connectivity index (χ1) is 8.97. The molecule has 100 valence electrons. The fourth-order valence-electron chi connectivity index (χ4n) is 2.22. The largest absolute Gasteiger partial charge is 0.370 e. The van der Waals surface area contributed by atoms with Gasteiger partial charge in [0.2, 0.25) is 5.91 Å². The molecule has 0 unspecified atom stereocenters. The number of hydrogen-bond donors (Lipinski definition) is 1. The Hall–Kier alpha value is -1.90. The van der Waals surface area contributed by atoms with Gasteiger partial charge in [0.05, 0.1) is 5.52 Å². The fourth-order valence-corrected chi connectivity index (χ4v) is 2.22. The van der Waals surface area contributed by atoms with Gasteiger partial charge < -0.3 is 5.73 Å². The van der Waals surface area contributed by atoms with Crippen LogP contribution in [0.1, 0.15) is 43.0 Å². The van der Waals surface area contributed by atoms with Gasteiger partial charge in [0, 0.05) is 17.5 Å². The number of carbonyl (C=O) groups is 1. The van der Waals surface area contributed by atoms with Crippen molar-refractivity contribution in [3.63, 3.8) is 0 Å². The SMILES string of the molecule is Cc1cc(CCC(N)=O)nc2ccc(C(C)C)cc12. The molecule has 0 atom stereocenters. The molecular weight excluding hydrogens is 236 g/mol. The van der Waals surface area contributed by atoms with E-state index in [4.69, 9.17) is 5.73 Å². The second-order valence-corrected chi connectivity index (χ2v) is 5.33. The lowest BCUT2D eigenvalue weighted by molar-refractivity contribution is -0.118. The third-order valence-electron chi connectivity index (χ3n) is 3.39. The number of primary amides is 1.